The molecule has 2 amide bonds. The van der Waals surface area contributed by atoms with Crippen molar-refractivity contribution in [1.82, 2.24) is 15.1 Å². The Hall–Kier alpha value is -2.63. The highest BCUT2D eigenvalue weighted by molar-refractivity contribution is 5.74. The minimum absolute atomic E-state index is 0.100. The zero-order valence-electron chi connectivity index (χ0n) is 21.6. The minimum atomic E-state index is 0.100. The number of carbonyl (C=O) groups is 1. The molecule has 2 aromatic carbocycles. The first-order chi connectivity index (χ1) is 17.2. The second kappa shape index (κ2) is 15.4. The Morgan fingerprint density at radius 1 is 0.971 bits per heavy atom. The maximum absolute atomic E-state index is 12.0. The van der Waals surface area contributed by atoms with E-state index in [0.29, 0.717) is 12.1 Å². The molecule has 0 radical (unpaired) electrons. The van der Waals surface area contributed by atoms with Crippen LogP contribution in [0.15, 0.2) is 60.7 Å². The number of hydrogen-bond acceptors (Lipinski definition) is 3. The summed E-state index contributed by atoms with van der Waals surface area (Å²) in [6, 6.07) is 21.8. The molecule has 5 heteroatoms. The van der Waals surface area contributed by atoms with Gasteiger partial charge in [-0.25, -0.2) is 4.79 Å². The van der Waals surface area contributed by atoms with Gasteiger partial charge >= 0.3 is 6.03 Å². The summed E-state index contributed by atoms with van der Waals surface area (Å²) in [6.07, 6.45) is 12.5. The van der Waals surface area contributed by atoms with Gasteiger partial charge in [-0.05, 0) is 49.8 Å². The van der Waals surface area contributed by atoms with Gasteiger partial charge in [0.25, 0.3) is 0 Å². The number of nitrogens with zero attached hydrogens (tertiary/aromatic N) is 2. The zero-order chi connectivity index (χ0) is 24.7. The summed E-state index contributed by atoms with van der Waals surface area (Å²) in [5, 5.41) is 3.13. The summed E-state index contributed by atoms with van der Waals surface area (Å²) >= 11 is 0. The van der Waals surface area contributed by atoms with Crippen LogP contribution in [0.5, 0.6) is 0 Å². The predicted molar refractivity (Wildman–Crippen MR) is 146 cm³/mol. The summed E-state index contributed by atoms with van der Waals surface area (Å²) in [4.78, 5) is 16.3. The molecule has 1 aliphatic heterocycles. The van der Waals surface area contributed by atoms with Crippen LogP contribution >= 0.6 is 0 Å². The molecule has 2 aliphatic rings. The van der Waals surface area contributed by atoms with Crippen molar-refractivity contribution in [3.63, 3.8) is 0 Å². The molecule has 190 valence electrons. The Morgan fingerprint density at radius 3 is 2.09 bits per heavy atom. The first kappa shape index (κ1) is 27.0. The topological polar surface area (TPSA) is 44.8 Å². The van der Waals surface area contributed by atoms with E-state index in [0.717, 1.165) is 45.4 Å². The van der Waals surface area contributed by atoms with Gasteiger partial charge in [0.15, 0.2) is 0 Å². The van der Waals surface area contributed by atoms with Gasteiger partial charge in [-0.3, -0.25) is 4.90 Å². The van der Waals surface area contributed by atoms with Crippen LogP contribution in [-0.4, -0.2) is 68.3 Å². The van der Waals surface area contributed by atoms with Crippen LogP contribution in [0.1, 0.15) is 56.1 Å². The van der Waals surface area contributed by atoms with Crippen LogP contribution in [-0.2, 0) is 4.74 Å². The summed E-state index contributed by atoms with van der Waals surface area (Å²) in [6.45, 7) is 4.03. The molecule has 0 bridgehead atoms. The molecule has 1 heterocycles. The van der Waals surface area contributed by atoms with Crippen LogP contribution < -0.4 is 5.32 Å². The van der Waals surface area contributed by atoms with Gasteiger partial charge in [0.1, 0.15) is 0 Å². The van der Waals surface area contributed by atoms with Gasteiger partial charge in [0.2, 0.25) is 0 Å². The van der Waals surface area contributed by atoms with Crippen LogP contribution in [0.4, 0.5) is 4.79 Å². The molecule has 0 spiro atoms. The highest BCUT2D eigenvalue weighted by atomic mass is 16.5. The number of carbonyl (C=O) groups excluding carboxylic acids is 1. The van der Waals surface area contributed by atoms with Crippen molar-refractivity contribution < 1.29 is 9.53 Å². The molecule has 1 saturated heterocycles. The number of urea groups is 1. The lowest BCUT2D eigenvalue weighted by Crippen LogP contribution is -2.50. The largest absolute Gasteiger partial charge is 0.383 e. The normalized spacial score (nSPS) is 18.1. The fraction of sp³-hybridized carbons (Fsp3) is 0.500. The average Bonchev–Trinajstić information content (AvgIpc) is 3.40. The maximum Gasteiger partial charge on any atom is 0.317 e. The van der Waals surface area contributed by atoms with E-state index in [1.54, 1.807) is 7.11 Å². The van der Waals surface area contributed by atoms with Gasteiger partial charge in [-0.1, -0.05) is 85.7 Å². The van der Waals surface area contributed by atoms with Gasteiger partial charge in [0, 0.05) is 39.3 Å². The van der Waals surface area contributed by atoms with Crippen molar-refractivity contribution in [2.45, 2.75) is 57.0 Å². The molecule has 2 fully saturated rings. The standard InChI is InChI=1S/C16H31N3O2.C14H12/c1-18(16(20)17-14-7-3-4-8-14)10-5-6-11-19-12-9-15(19)13-21-2;1-3-7-13(8-4-1)11-12-14-9-5-2-6-10-14/h14-15H,3-13H2,1-2H3,(H,17,20);1-12H/b;12-11+. The van der Waals surface area contributed by atoms with E-state index < -0.39 is 0 Å². The average molecular weight is 478 g/mol. The van der Waals surface area contributed by atoms with Crippen LogP contribution in [0.2, 0.25) is 0 Å². The number of likely N-dealkylation sites (tertiary alicyclic amines) is 1. The van der Waals surface area contributed by atoms with E-state index in [9.17, 15) is 4.79 Å². The number of methoxy groups -OCH3 is 1. The Balaban J connectivity index is 0.000000211. The lowest BCUT2D eigenvalue weighted by atomic mass is 10.0. The summed E-state index contributed by atoms with van der Waals surface area (Å²) in [5.41, 5.74) is 2.47. The second-order valence-corrected chi connectivity index (χ2v) is 9.65. The second-order valence-electron chi connectivity index (χ2n) is 9.65. The molecule has 1 aliphatic carbocycles. The number of unbranched alkanes of at least 4 members (excludes halogenated alkanes) is 1. The van der Waals surface area contributed by atoms with Gasteiger partial charge in [-0.2, -0.15) is 0 Å². The van der Waals surface area contributed by atoms with Crippen molar-refractivity contribution in [1.29, 1.82) is 0 Å². The molecular formula is C30H43N3O2. The minimum Gasteiger partial charge on any atom is -0.383 e. The lowest BCUT2D eigenvalue weighted by molar-refractivity contribution is 0.0225. The van der Waals surface area contributed by atoms with Crippen LogP contribution in [0.3, 0.4) is 0 Å². The molecule has 1 saturated carbocycles. The third kappa shape index (κ3) is 9.87. The SMILES string of the molecule is C(=C\c1ccccc1)/c1ccccc1.COCC1CCN1CCCCN(C)C(=O)NC1CCCC1. The van der Waals surface area contributed by atoms with Crippen LogP contribution in [0, 0.1) is 0 Å². The van der Waals surface area contributed by atoms with Gasteiger partial charge in [-0.15, -0.1) is 0 Å². The van der Waals surface area contributed by atoms with Crippen LogP contribution in [0.25, 0.3) is 12.2 Å². The van der Waals surface area contributed by atoms with Gasteiger partial charge < -0.3 is 15.0 Å². The first-order valence-corrected chi connectivity index (χ1v) is 13.2. The summed E-state index contributed by atoms with van der Waals surface area (Å²) in [5.74, 6) is 0. The number of amides is 2. The molecule has 2 aromatic rings. The number of hydrogen-bond donors (Lipinski definition) is 1. The van der Waals surface area contributed by atoms with Crippen molar-refractivity contribution in [2.75, 3.05) is 40.4 Å². The molecule has 1 N–H and O–H groups in total. The lowest BCUT2D eigenvalue weighted by Gasteiger charge is -2.40. The zero-order valence-corrected chi connectivity index (χ0v) is 21.6. The highest BCUT2D eigenvalue weighted by Crippen LogP contribution is 2.19. The van der Waals surface area contributed by atoms with Gasteiger partial charge in [0.05, 0.1) is 6.61 Å². The maximum atomic E-state index is 12.0. The fourth-order valence-electron chi connectivity index (χ4n) is 4.61. The predicted octanol–water partition coefficient (Wildman–Crippen LogP) is 5.93. The fourth-order valence-corrected chi connectivity index (χ4v) is 4.61. The molecule has 1 atom stereocenters. The Labute approximate surface area is 212 Å². The third-order valence-corrected chi connectivity index (χ3v) is 6.91. The molecule has 0 aromatic heterocycles. The van der Waals surface area contributed by atoms with E-state index >= 15 is 0 Å². The Kier molecular flexibility index (Phi) is 11.9. The van der Waals surface area contributed by atoms with E-state index in [1.807, 2.05) is 48.3 Å². The number of nitrogens with one attached hydrogen (secondary N) is 1. The van der Waals surface area contributed by atoms with E-state index in [1.165, 1.54) is 36.9 Å². The Morgan fingerprint density at radius 2 is 1.57 bits per heavy atom. The monoisotopic (exact) mass is 477 g/mol. The van der Waals surface area contributed by atoms with Crippen molar-refractivity contribution >= 4 is 18.2 Å². The van der Waals surface area contributed by atoms with Crippen molar-refractivity contribution in [3.8, 4) is 0 Å². The molecule has 35 heavy (non-hydrogen) atoms. The number of rotatable bonds is 10. The molecule has 5 nitrogen and oxygen atoms in total. The number of ether oxygens (including phenoxy) is 1. The first-order valence-electron chi connectivity index (χ1n) is 13.2. The highest BCUT2D eigenvalue weighted by Gasteiger charge is 2.26. The van der Waals surface area contributed by atoms with E-state index in [4.69, 9.17) is 4.74 Å². The van der Waals surface area contributed by atoms with E-state index in [2.05, 4.69) is 46.6 Å². The summed E-state index contributed by atoms with van der Waals surface area (Å²) in [7, 11) is 3.68. The molecule has 4 rings (SSSR count). The quantitative estimate of drug-likeness (QED) is 0.341. The van der Waals surface area contributed by atoms with Crippen molar-refractivity contribution in [2.24, 2.45) is 0 Å². The Bertz CT molecular complexity index is 824. The molecule has 1 unspecified atom stereocenters. The van der Waals surface area contributed by atoms with E-state index in [-0.39, 0.29) is 6.03 Å². The third-order valence-electron chi connectivity index (χ3n) is 6.91. The van der Waals surface area contributed by atoms with Crippen molar-refractivity contribution in [3.05, 3.63) is 71.8 Å². The summed E-state index contributed by atoms with van der Waals surface area (Å²) < 4.78 is 5.21. The number of benzene rings is 2. The smallest absolute Gasteiger partial charge is 0.317 e. The molecular weight excluding hydrogens is 434 g/mol.